The van der Waals surface area contributed by atoms with Crippen molar-refractivity contribution in [2.24, 2.45) is 5.73 Å². The Morgan fingerprint density at radius 2 is 1.62 bits per heavy atom. The Balaban J connectivity index is 2.43. The van der Waals surface area contributed by atoms with Gasteiger partial charge in [-0.2, -0.15) is 13.2 Å². The second-order valence-corrected chi connectivity index (χ2v) is 4.74. The van der Waals surface area contributed by atoms with Gasteiger partial charge < -0.3 is 5.73 Å². The van der Waals surface area contributed by atoms with Gasteiger partial charge in [0.05, 0.1) is 11.6 Å². The summed E-state index contributed by atoms with van der Waals surface area (Å²) in [6, 6.07) is 5.55. The van der Waals surface area contributed by atoms with Gasteiger partial charge in [-0.15, -0.1) is 0 Å². The van der Waals surface area contributed by atoms with Gasteiger partial charge in [-0.05, 0) is 30.7 Å². The van der Waals surface area contributed by atoms with Crippen LogP contribution in [0.3, 0.4) is 0 Å². The largest absolute Gasteiger partial charge is 0.419 e. The average molecular weight is 301 g/mol. The molecule has 0 saturated carbocycles. The number of rotatable bonds is 2. The molecule has 0 fully saturated rings. The van der Waals surface area contributed by atoms with Gasteiger partial charge in [0.2, 0.25) is 0 Å². The molecule has 0 bridgehead atoms. The van der Waals surface area contributed by atoms with Crippen molar-refractivity contribution in [3.63, 3.8) is 0 Å². The van der Waals surface area contributed by atoms with Crippen LogP contribution in [0.4, 0.5) is 22.0 Å². The van der Waals surface area contributed by atoms with Crippen molar-refractivity contribution in [1.82, 2.24) is 0 Å². The third-order valence-corrected chi connectivity index (χ3v) is 3.14. The lowest BCUT2D eigenvalue weighted by atomic mass is 9.96. The van der Waals surface area contributed by atoms with Gasteiger partial charge in [-0.25, -0.2) is 8.78 Å². The van der Waals surface area contributed by atoms with Crippen LogP contribution < -0.4 is 5.73 Å². The summed E-state index contributed by atoms with van der Waals surface area (Å²) in [5.41, 5.74) is 5.38. The van der Waals surface area contributed by atoms with Crippen LogP contribution in [-0.4, -0.2) is 0 Å². The zero-order chi connectivity index (χ0) is 15.8. The van der Waals surface area contributed by atoms with Crippen molar-refractivity contribution in [2.75, 3.05) is 0 Å². The third-order valence-electron chi connectivity index (χ3n) is 3.14. The Labute approximate surface area is 118 Å². The van der Waals surface area contributed by atoms with Crippen molar-refractivity contribution in [2.45, 2.75) is 19.1 Å². The maximum atomic E-state index is 13.7. The zero-order valence-electron chi connectivity index (χ0n) is 11.0. The lowest BCUT2D eigenvalue weighted by Crippen LogP contribution is -2.15. The highest BCUT2D eigenvalue weighted by atomic mass is 19.4. The molecule has 2 aromatic carbocycles. The molecule has 0 saturated heterocycles. The molecule has 112 valence electrons. The van der Waals surface area contributed by atoms with Crippen LogP contribution in [0.1, 0.15) is 28.3 Å². The van der Waals surface area contributed by atoms with E-state index in [-0.39, 0.29) is 11.1 Å². The second kappa shape index (κ2) is 5.44. The summed E-state index contributed by atoms with van der Waals surface area (Å²) in [5.74, 6) is -2.02. The fraction of sp³-hybridized carbons (Fsp3) is 0.200. The van der Waals surface area contributed by atoms with Crippen molar-refractivity contribution >= 4 is 0 Å². The molecule has 2 rings (SSSR count). The van der Waals surface area contributed by atoms with Gasteiger partial charge in [0.25, 0.3) is 0 Å². The highest BCUT2D eigenvalue weighted by Gasteiger charge is 2.34. The van der Waals surface area contributed by atoms with Crippen LogP contribution in [0.2, 0.25) is 0 Å². The van der Waals surface area contributed by atoms with E-state index < -0.39 is 29.4 Å². The number of benzene rings is 2. The van der Waals surface area contributed by atoms with E-state index in [1.807, 2.05) is 0 Å². The molecule has 2 N–H and O–H groups in total. The molecule has 0 aliphatic heterocycles. The minimum absolute atomic E-state index is 0.0741. The third kappa shape index (κ3) is 3.21. The number of halogens is 5. The van der Waals surface area contributed by atoms with E-state index in [4.69, 9.17) is 5.73 Å². The Morgan fingerprint density at radius 3 is 2.19 bits per heavy atom. The van der Waals surface area contributed by atoms with E-state index in [9.17, 15) is 22.0 Å². The maximum absolute atomic E-state index is 13.7. The van der Waals surface area contributed by atoms with E-state index in [0.717, 1.165) is 11.6 Å². The number of nitrogens with two attached hydrogens (primary N) is 1. The van der Waals surface area contributed by atoms with Crippen molar-refractivity contribution in [3.05, 3.63) is 70.3 Å². The zero-order valence-corrected chi connectivity index (χ0v) is 11.0. The SMILES string of the molecule is Cc1ccc(F)c(C(N)c2ccc(C(F)(F)F)c(F)c2)c1. The molecule has 0 aliphatic rings. The lowest BCUT2D eigenvalue weighted by Gasteiger charge is -2.16. The van der Waals surface area contributed by atoms with Gasteiger partial charge in [0.15, 0.2) is 0 Å². The van der Waals surface area contributed by atoms with Crippen LogP contribution in [0.5, 0.6) is 0 Å². The molecule has 0 aliphatic carbocycles. The van der Waals surface area contributed by atoms with Gasteiger partial charge in [0.1, 0.15) is 11.6 Å². The summed E-state index contributed by atoms with van der Waals surface area (Å²) in [7, 11) is 0. The molecular formula is C15H12F5N. The molecule has 1 unspecified atom stereocenters. The molecule has 0 spiro atoms. The van der Waals surface area contributed by atoms with Gasteiger partial charge in [-0.1, -0.05) is 23.8 Å². The normalized spacial score (nSPS) is 13.3. The predicted octanol–water partition coefficient (Wildman–Crippen LogP) is 4.34. The predicted molar refractivity (Wildman–Crippen MR) is 68.6 cm³/mol. The van der Waals surface area contributed by atoms with Crippen LogP contribution in [0.15, 0.2) is 36.4 Å². The van der Waals surface area contributed by atoms with Crippen LogP contribution in [0.25, 0.3) is 0 Å². The molecule has 0 aromatic heterocycles. The lowest BCUT2D eigenvalue weighted by molar-refractivity contribution is -0.140. The molecular weight excluding hydrogens is 289 g/mol. The number of hydrogen-bond donors (Lipinski definition) is 1. The van der Waals surface area contributed by atoms with Crippen LogP contribution in [0, 0.1) is 18.6 Å². The maximum Gasteiger partial charge on any atom is 0.419 e. The van der Waals surface area contributed by atoms with Crippen molar-refractivity contribution < 1.29 is 22.0 Å². The standard InChI is InChI=1S/C15H12F5N/c1-8-2-5-12(16)10(6-8)14(21)9-3-4-11(13(17)7-9)15(18,19)20/h2-7,14H,21H2,1H3. The van der Waals surface area contributed by atoms with Crippen LogP contribution >= 0.6 is 0 Å². The quantitative estimate of drug-likeness (QED) is 0.820. The first kappa shape index (κ1) is 15.4. The molecule has 0 heterocycles. The minimum Gasteiger partial charge on any atom is -0.320 e. The van der Waals surface area contributed by atoms with Gasteiger partial charge in [-0.3, -0.25) is 0 Å². The Kier molecular flexibility index (Phi) is 4.00. The van der Waals surface area contributed by atoms with Gasteiger partial charge >= 0.3 is 6.18 Å². The van der Waals surface area contributed by atoms with E-state index in [1.165, 1.54) is 12.1 Å². The van der Waals surface area contributed by atoms with Crippen molar-refractivity contribution in [3.8, 4) is 0 Å². The number of aryl methyl sites for hydroxylation is 1. The highest BCUT2D eigenvalue weighted by molar-refractivity contribution is 5.37. The smallest absolute Gasteiger partial charge is 0.320 e. The van der Waals surface area contributed by atoms with Crippen LogP contribution in [-0.2, 0) is 6.18 Å². The Hall–Kier alpha value is -1.95. The molecule has 0 amide bonds. The summed E-state index contributed by atoms with van der Waals surface area (Å²) in [6.45, 7) is 1.73. The van der Waals surface area contributed by atoms with Crippen molar-refractivity contribution in [1.29, 1.82) is 0 Å². The summed E-state index contributed by atoms with van der Waals surface area (Å²) in [6.07, 6.45) is -4.78. The Morgan fingerprint density at radius 1 is 0.952 bits per heavy atom. The van der Waals surface area contributed by atoms with E-state index in [0.29, 0.717) is 12.1 Å². The monoisotopic (exact) mass is 301 g/mol. The second-order valence-electron chi connectivity index (χ2n) is 4.74. The van der Waals surface area contributed by atoms with Gasteiger partial charge in [0, 0.05) is 5.56 Å². The topological polar surface area (TPSA) is 26.0 Å². The molecule has 1 atom stereocenters. The molecule has 1 nitrogen and oxygen atoms in total. The molecule has 6 heteroatoms. The summed E-state index contributed by atoms with van der Waals surface area (Å²) in [5, 5.41) is 0. The minimum atomic E-state index is -4.78. The van der Waals surface area contributed by atoms with E-state index in [1.54, 1.807) is 13.0 Å². The Bertz CT molecular complexity index is 664. The summed E-state index contributed by atoms with van der Waals surface area (Å²) >= 11 is 0. The first-order chi connectivity index (χ1) is 9.70. The fourth-order valence-electron chi connectivity index (χ4n) is 2.04. The van der Waals surface area contributed by atoms with E-state index in [2.05, 4.69) is 0 Å². The molecule has 21 heavy (non-hydrogen) atoms. The molecule has 0 radical (unpaired) electrons. The summed E-state index contributed by atoms with van der Waals surface area (Å²) in [4.78, 5) is 0. The van der Waals surface area contributed by atoms with E-state index >= 15 is 0 Å². The first-order valence-electron chi connectivity index (χ1n) is 6.08. The fourth-order valence-corrected chi connectivity index (χ4v) is 2.04. The molecule has 2 aromatic rings. The summed E-state index contributed by atoms with van der Waals surface area (Å²) < 4.78 is 64.7. The average Bonchev–Trinajstić information content (AvgIpc) is 2.39. The highest BCUT2D eigenvalue weighted by Crippen LogP contribution is 2.33. The number of alkyl halides is 3. The first-order valence-corrected chi connectivity index (χ1v) is 6.08. The number of hydrogen-bond acceptors (Lipinski definition) is 1.